The molecule has 0 saturated heterocycles. The summed E-state index contributed by atoms with van der Waals surface area (Å²) in [6, 6.07) is 0. The van der Waals surface area contributed by atoms with Crippen molar-refractivity contribution in [2.45, 2.75) is 26.7 Å². The molecule has 0 aromatic carbocycles. The molecule has 0 aromatic rings. The van der Waals surface area contributed by atoms with Crippen LogP contribution in [0.25, 0.3) is 0 Å². The van der Waals surface area contributed by atoms with E-state index >= 15 is 0 Å². The standard InChI is InChI=1S/C10H20O3/c1-4-9(2)7-10(11)8-13-6-5-12-3/h9H,4-8H2,1-3H3. The summed E-state index contributed by atoms with van der Waals surface area (Å²) < 4.78 is 9.90. The van der Waals surface area contributed by atoms with Crippen molar-refractivity contribution < 1.29 is 14.3 Å². The molecule has 3 nitrogen and oxygen atoms in total. The molecule has 0 heterocycles. The second-order valence-electron chi connectivity index (χ2n) is 3.30. The van der Waals surface area contributed by atoms with Gasteiger partial charge >= 0.3 is 0 Å². The Morgan fingerprint density at radius 1 is 1.38 bits per heavy atom. The molecule has 0 radical (unpaired) electrons. The van der Waals surface area contributed by atoms with Crippen LogP contribution in [0, 0.1) is 5.92 Å². The molecule has 0 rings (SSSR count). The lowest BCUT2D eigenvalue weighted by molar-refractivity contribution is -0.124. The van der Waals surface area contributed by atoms with E-state index < -0.39 is 0 Å². The number of methoxy groups -OCH3 is 1. The van der Waals surface area contributed by atoms with Gasteiger partial charge < -0.3 is 9.47 Å². The van der Waals surface area contributed by atoms with E-state index in [0.717, 1.165) is 6.42 Å². The van der Waals surface area contributed by atoms with E-state index in [1.165, 1.54) is 0 Å². The van der Waals surface area contributed by atoms with Gasteiger partial charge in [-0.15, -0.1) is 0 Å². The monoisotopic (exact) mass is 188 g/mol. The van der Waals surface area contributed by atoms with Crippen LogP contribution in [0.2, 0.25) is 0 Å². The Morgan fingerprint density at radius 3 is 2.62 bits per heavy atom. The Morgan fingerprint density at radius 2 is 2.08 bits per heavy atom. The molecule has 0 aromatic heterocycles. The number of hydrogen-bond acceptors (Lipinski definition) is 3. The van der Waals surface area contributed by atoms with E-state index in [9.17, 15) is 4.79 Å². The van der Waals surface area contributed by atoms with Gasteiger partial charge in [0.25, 0.3) is 0 Å². The molecule has 0 aliphatic heterocycles. The maximum atomic E-state index is 11.2. The number of ether oxygens (including phenoxy) is 2. The molecule has 0 amide bonds. The second kappa shape index (κ2) is 8.20. The SMILES string of the molecule is CCC(C)CC(=O)COCCOC. The van der Waals surface area contributed by atoms with Crippen molar-refractivity contribution in [2.75, 3.05) is 26.9 Å². The smallest absolute Gasteiger partial charge is 0.158 e. The maximum Gasteiger partial charge on any atom is 0.158 e. The molecule has 0 bridgehead atoms. The number of carbonyl (C=O) groups excluding carboxylic acids is 1. The van der Waals surface area contributed by atoms with Crippen molar-refractivity contribution >= 4 is 5.78 Å². The highest BCUT2D eigenvalue weighted by molar-refractivity contribution is 5.79. The van der Waals surface area contributed by atoms with Crippen LogP contribution in [-0.4, -0.2) is 32.7 Å². The van der Waals surface area contributed by atoms with Gasteiger partial charge in [0, 0.05) is 13.5 Å². The molecular formula is C10H20O3. The Balaban J connectivity index is 3.30. The molecule has 0 N–H and O–H groups in total. The average Bonchev–Trinajstić information content (AvgIpc) is 2.12. The lowest BCUT2D eigenvalue weighted by Crippen LogP contribution is -2.14. The summed E-state index contributed by atoms with van der Waals surface area (Å²) >= 11 is 0. The van der Waals surface area contributed by atoms with Crippen LogP contribution in [0.15, 0.2) is 0 Å². The molecule has 0 aliphatic carbocycles. The van der Waals surface area contributed by atoms with Gasteiger partial charge in [0.15, 0.2) is 5.78 Å². The number of carbonyl (C=O) groups is 1. The lowest BCUT2D eigenvalue weighted by Gasteiger charge is -2.07. The summed E-state index contributed by atoms with van der Waals surface area (Å²) in [6.07, 6.45) is 1.67. The van der Waals surface area contributed by atoms with Gasteiger partial charge in [-0.1, -0.05) is 20.3 Å². The van der Waals surface area contributed by atoms with Crippen molar-refractivity contribution in [3.05, 3.63) is 0 Å². The summed E-state index contributed by atoms with van der Waals surface area (Å²) in [7, 11) is 1.62. The fourth-order valence-corrected chi connectivity index (χ4v) is 0.920. The van der Waals surface area contributed by atoms with Gasteiger partial charge in [-0.05, 0) is 5.92 Å². The molecule has 0 fully saturated rings. The Labute approximate surface area is 80.4 Å². The predicted molar refractivity (Wildman–Crippen MR) is 51.8 cm³/mol. The number of hydrogen-bond donors (Lipinski definition) is 0. The molecule has 1 atom stereocenters. The van der Waals surface area contributed by atoms with Crippen molar-refractivity contribution in [3.8, 4) is 0 Å². The fraction of sp³-hybridized carbons (Fsp3) is 0.900. The summed E-state index contributed by atoms with van der Waals surface area (Å²) in [4.78, 5) is 11.2. The summed E-state index contributed by atoms with van der Waals surface area (Å²) in [6.45, 7) is 5.45. The zero-order valence-corrected chi connectivity index (χ0v) is 8.84. The molecular weight excluding hydrogens is 168 g/mol. The minimum atomic E-state index is 0.186. The highest BCUT2D eigenvalue weighted by atomic mass is 16.5. The first kappa shape index (κ1) is 12.6. The van der Waals surface area contributed by atoms with Gasteiger partial charge in [0.05, 0.1) is 13.2 Å². The molecule has 13 heavy (non-hydrogen) atoms. The van der Waals surface area contributed by atoms with E-state index in [4.69, 9.17) is 9.47 Å². The van der Waals surface area contributed by atoms with Crippen LogP contribution in [0.1, 0.15) is 26.7 Å². The van der Waals surface area contributed by atoms with Crippen LogP contribution in [0.5, 0.6) is 0 Å². The number of Topliss-reactive ketones (excluding diaryl/α,β-unsaturated/α-hetero) is 1. The first-order valence-electron chi connectivity index (χ1n) is 4.79. The lowest BCUT2D eigenvalue weighted by atomic mass is 10.0. The molecule has 3 heteroatoms. The fourth-order valence-electron chi connectivity index (χ4n) is 0.920. The second-order valence-corrected chi connectivity index (χ2v) is 3.30. The topological polar surface area (TPSA) is 35.5 Å². The molecule has 1 unspecified atom stereocenters. The predicted octanol–water partition coefficient (Wildman–Crippen LogP) is 1.65. The van der Waals surface area contributed by atoms with Crippen molar-refractivity contribution in [3.63, 3.8) is 0 Å². The van der Waals surface area contributed by atoms with Crippen LogP contribution in [0.4, 0.5) is 0 Å². The van der Waals surface area contributed by atoms with E-state index in [0.29, 0.717) is 25.6 Å². The zero-order chi connectivity index (χ0) is 10.1. The molecule has 0 saturated carbocycles. The molecule has 0 aliphatic rings. The normalized spacial score (nSPS) is 12.8. The average molecular weight is 188 g/mol. The first-order chi connectivity index (χ1) is 6.20. The zero-order valence-electron chi connectivity index (χ0n) is 8.84. The Hall–Kier alpha value is -0.410. The number of ketones is 1. The third-order valence-electron chi connectivity index (χ3n) is 1.97. The minimum absolute atomic E-state index is 0.186. The quantitative estimate of drug-likeness (QED) is 0.543. The van der Waals surface area contributed by atoms with Crippen LogP contribution >= 0.6 is 0 Å². The Kier molecular flexibility index (Phi) is 7.94. The van der Waals surface area contributed by atoms with Gasteiger partial charge in [0.1, 0.15) is 6.61 Å². The highest BCUT2D eigenvalue weighted by Crippen LogP contribution is 2.06. The van der Waals surface area contributed by atoms with Crippen molar-refractivity contribution in [1.82, 2.24) is 0 Å². The van der Waals surface area contributed by atoms with Gasteiger partial charge in [-0.3, -0.25) is 4.79 Å². The molecule has 78 valence electrons. The molecule has 0 spiro atoms. The van der Waals surface area contributed by atoms with Gasteiger partial charge in [-0.25, -0.2) is 0 Å². The van der Waals surface area contributed by atoms with Crippen LogP contribution in [-0.2, 0) is 14.3 Å². The van der Waals surface area contributed by atoms with E-state index in [-0.39, 0.29) is 12.4 Å². The van der Waals surface area contributed by atoms with E-state index in [1.807, 2.05) is 0 Å². The largest absolute Gasteiger partial charge is 0.382 e. The van der Waals surface area contributed by atoms with Gasteiger partial charge in [0.2, 0.25) is 0 Å². The maximum absolute atomic E-state index is 11.2. The van der Waals surface area contributed by atoms with Crippen LogP contribution in [0.3, 0.4) is 0 Å². The van der Waals surface area contributed by atoms with Crippen LogP contribution < -0.4 is 0 Å². The van der Waals surface area contributed by atoms with E-state index in [2.05, 4.69) is 13.8 Å². The van der Waals surface area contributed by atoms with E-state index in [1.54, 1.807) is 7.11 Å². The summed E-state index contributed by atoms with van der Waals surface area (Å²) in [5.41, 5.74) is 0. The van der Waals surface area contributed by atoms with Crippen molar-refractivity contribution in [1.29, 1.82) is 0 Å². The van der Waals surface area contributed by atoms with Gasteiger partial charge in [-0.2, -0.15) is 0 Å². The highest BCUT2D eigenvalue weighted by Gasteiger charge is 2.06. The number of rotatable bonds is 8. The third-order valence-corrected chi connectivity index (χ3v) is 1.97. The first-order valence-corrected chi connectivity index (χ1v) is 4.79. The van der Waals surface area contributed by atoms with Crippen molar-refractivity contribution in [2.24, 2.45) is 5.92 Å². The summed E-state index contributed by atoms with van der Waals surface area (Å²) in [5.74, 6) is 0.656. The Bertz CT molecular complexity index is 134. The summed E-state index contributed by atoms with van der Waals surface area (Å²) in [5, 5.41) is 0. The third kappa shape index (κ3) is 7.94. The minimum Gasteiger partial charge on any atom is -0.382 e.